The van der Waals surface area contributed by atoms with Crippen LogP contribution in [0.5, 0.6) is 0 Å². The van der Waals surface area contributed by atoms with Crippen LogP contribution in [0.4, 0.5) is 0 Å². The summed E-state index contributed by atoms with van der Waals surface area (Å²) in [4.78, 5) is 0. The van der Waals surface area contributed by atoms with E-state index < -0.39 is 6.10 Å². The number of aliphatic hydroxyl groups excluding tert-OH is 2. The second-order valence-electron chi connectivity index (χ2n) is 0.716. The van der Waals surface area contributed by atoms with Gasteiger partial charge in [-0.1, -0.05) is 0 Å². The first-order valence-electron chi connectivity index (χ1n) is 1.26. The zero-order chi connectivity index (χ0) is 4.28. The van der Waals surface area contributed by atoms with Crippen molar-refractivity contribution in [3.63, 3.8) is 0 Å². The van der Waals surface area contributed by atoms with E-state index in [1.54, 1.807) is 0 Å². The van der Waals surface area contributed by atoms with Gasteiger partial charge in [-0.3, -0.25) is 0 Å². The molecule has 2 heteroatoms. The molecule has 0 aromatic rings. The molecule has 0 aliphatic rings. The molecule has 0 aromatic carbocycles. The van der Waals surface area contributed by atoms with Gasteiger partial charge in [-0.25, -0.2) is 0 Å². The number of hydrogen-bond donors (Lipinski definition) is 2. The van der Waals surface area contributed by atoms with Crippen molar-refractivity contribution < 1.29 is 10.2 Å². The van der Waals surface area contributed by atoms with Crippen molar-refractivity contribution in [1.29, 1.82) is 0 Å². The van der Waals surface area contributed by atoms with E-state index in [-0.39, 0.29) is 0 Å². The maximum absolute atomic E-state index is 7.94. The van der Waals surface area contributed by atoms with E-state index in [1.165, 1.54) is 0 Å². The smallest absolute Gasteiger partial charge is 0.108 e. The molecule has 2 N–H and O–H groups in total. The summed E-state index contributed by atoms with van der Waals surface area (Å²) in [6, 6.07) is 0. The highest BCUT2D eigenvalue weighted by atomic mass is 16.3. The standard InChI is InChI=1S/C3H6O2/c1-3(5)2-4/h2-5H,1H2/t3-/m1/s1. The summed E-state index contributed by atoms with van der Waals surface area (Å²) < 4.78 is 0. The Morgan fingerprint density at radius 2 is 2.00 bits per heavy atom. The highest BCUT2D eigenvalue weighted by molar-refractivity contribution is 4.62. The largest absolute Gasteiger partial charge is 0.390 e. The third-order valence-corrected chi connectivity index (χ3v) is 0.172. The predicted molar refractivity (Wildman–Crippen MR) is 17.6 cm³/mol. The lowest BCUT2D eigenvalue weighted by molar-refractivity contribution is 0.182. The minimum absolute atomic E-state index is 0.611. The number of aliphatic hydroxyl groups is 2. The van der Waals surface area contributed by atoms with Crippen molar-refractivity contribution in [2.75, 3.05) is 0 Å². The third kappa shape index (κ3) is 3.92. The Morgan fingerprint density at radius 1 is 1.80 bits per heavy atom. The normalized spacial score (nSPS) is 15.0. The Kier molecular flexibility index (Phi) is 2.14. The van der Waals surface area contributed by atoms with Gasteiger partial charge in [-0.2, -0.15) is 0 Å². The van der Waals surface area contributed by atoms with Crippen LogP contribution in [0.25, 0.3) is 0 Å². The highest BCUT2D eigenvalue weighted by Gasteiger charge is 1.84. The van der Waals surface area contributed by atoms with Crippen molar-refractivity contribution in [3.8, 4) is 0 Å². The molecule has 0 unspecified atom stereocenters. The van der Waals surface area contributed by atoms with E-state index in [0.717, 1.165) is 0 Å². The molecule has 1 atom stereocenters. The quantitative estimate of drug-likeness (QED) is 0.449. The topological polar surface area (TPSA) is 40.5 Å². The van der Waals surface area contributed by atoms with Crippen molar-refractivity contribution in [3.05, 3.63) is 13.5 Å². The molecule has 0 aromatic heterocycles. The molecule has 0 aliphatic heterocycles. The Balaban J connectivity index is 2.54. The molecule has 30 valence electrons. The summed E-state index contributed by atoms with van der Waals surface area (Å²) in [5.41, 5.74) is 0. The van der Waals surface area contributed by atoms with Gasteiger partial charge in [0.05, 0.1) is 6.10 Å². The molecule has 0 saturated carbocycles. The summed E-state index contributed by atoms with van der Waals surface area (Å²) in [6.07, 6.45) is -0.935. The van der Waals surface area contributed by atoms with E-state index in [0.29, 0.717) is 6.61 Å². The number of rotatable bonds is 1. The fraction of sp³-hybridized carbons (Fsp3) is 0.333. The van der Waals surface area contributed by atoms with Crippen LogP contribution < -0.4 is 0 Å². The van der Waals surface area contributed by atoms with Crippen LogP contribution in [0.1, 0.15) is 0 Å². The summed E-state index contributed by atoms with van der Waals surface area (Å²) >= 11 is 0. The molecule has 0 aliphatic carbocycles. The Labute approximate surface area is 31.1 Å². The second-order valence-corrected chi connectivity index (χ2v) is 0.716. The lowest BCUT2D eigenvalue weighted by Gasteiger charge is -1.88. The molecule has 2 radical (unpaired) electrons. The predicted octanol–water partition coefficient (Wildman–Crippen LogP) is -0.284. The monoisotopic (exact) mass is 74.0 g/mol. The van der Waals surface area contributed by atoms with Gasteiger partial charge in [0.1, 0.15) is 6.61 Å². The second kappa shape index (κ2) is 2.18. The van der Waals surface area contributed by atoms with Crippen LogP contribution in [0.15, 0.2) is 0 Å². The Bertz CT molecular complexity index is 18.9. The fourth-order valence-electron chi connectivity index (χ4n) is 0. The molecule has 0 saturated heterocycles. The SMILES string of the molecule is [CH2][C@@H](O)[CH]O. The van der Waals surface area contributed by atoms with Crippen molar-refractivity contribution >= 4 is 0 Å². The van der Waals surface area contributed by atoms with E-state index in [9.17, 15) is 0 Å². The van der Waals surface area contributed by atoms with Crippen LogP contribution in [0.2, 0.25) is 0 Å². The molecular weight excluding hydrogens is 68.0 g/mol. The first kappa shape index (κ1) is 4.92. The van der Waals surface area contributed by atoms with Gasteiger partial charge in [0.25, 0.3) is 0 Å². The first-order chi connectivity index (χ1) is 2.27. The zero-order valence-electron chi connectivity index (χ0n) is 2.76. The van der Waals surface area contributed by atoms with Crippen LogP contribution in [0, 0.1) is 13.5 Å². The first-order valence-corrected chi connectivity index (χ1v) is 1.26. The fourth-order valence-corrected chi connectivity index (χ4v) is 0. The van der Waals surface area contributed by atoms with Gasteiger partial charge in [-0.15, -0.1) is 0 Å². The number of hydrogen-bond acceptors (Lipinski definition) is 2. The van der Waals surface area contributed by atoms with E-state index >= 15 is 0 Å². The lowest BCUT2D eigenvalue weighted by Crippen LogP contribution is -1.97. The van der Waals surface area contributed by atoms with Gasteiger partial charge in [0.2, 0.25) is 0 Å². The minimum atomic E-state index is -0.935. The molecule has 0 bridgehead atoms. The summed E-state index contributed by atoms with van der Waals surface area (Å²) in [5.74, 6) is 0. The average molecular weight is 74.1 g/mol. The summed E-state index contributed by atoms with van der Waals surface area (Å²) in [7, 11) is 0. The molecular formula is C3H6O2. The molecule has 2 nitrogen and oxygen atoms in total. The van der Waals surface area contributed by atoms with Gasteiger partial charge >= 0.3 is 0 Å². The zero-order valence-corrected chi connectivity index (χ0v) is 2.76. The van der Waals surface area contributed by atoms with E-state index in [4.69, 9.17) is 10.2 Å². The average Bonchev–Trinajstić information content (AvgIpc) is 1.38. The molecule has 0 spiro atoms. The van der Waals surface area contributed by atoms with Crippen LogP contribution in [0.3, 0.4) is 0 Å². The molecule has 0 fully saturated rings. The van der Waals surface area contributed by atoms with Gasteiger partial charge < -0.3 is 10.2 Å². The Morgan fingerprint density at radius 3 is 2.00 bits per heavy atom. The molecule has 0 rings (SSSR count). The van der Waals surface area contributed by atoms with Crippen LogP contribution in [-0.4, -0.2) is 16.3 Å². The summed E-state index contributed by atoms with van der Waals surface area (Å²) in [5, 5.41) is 15.7. The molecule has 5 heavy (non-hydrogen) atoms. The van der Waals surface area contributed by atoms with Crippen LogP contribution in [-0.2, 0) is 0 Å². The molecule has 0 amide bonds. The van der Waals surface area contributed by atoms with Gasteiger partial charge in [0, 0.05) is 0 Å². The van der Waals surface area contributed by atoms with Gasteiger partial charge in [-0.05, 0) is 6.92 Å². The van der Waals surface area contributed by atoms with Crippen LogP contribution >= 0.6 is 0 Å². The summed E-state index contributed by atoms with van der Waals surface area (Å²) in [6.45, 7) is 3.62. The van der Waals surface area contributed by atoms with Crippen molar-refractivity contribution in [2.24, 2.45) is 0 Å². The third-order valence-electron chi connectivity index (χ3n) is 0.172. The van der Waals surface area contributed by atoms with Crippen molar-refractivity contribution in [1.82, 2.24) is 0 Å². The maximum atomic E-state index is 7.94. The lowest BCUT2D eigenvalue weighted by atomic mass is 10.5. The van der Waals surface area contributed by atoms with E-state index in [2.05, 4.69) is 6.92 Å². The Hall–Kier alpha value is -0.0800. The highest BCUT2D eigenvalue weighted by Crippen LogP contribution is 1.74. The van der Waals surface area contributed by atoms with Gasteiger partial charge in [0.15, 0.2) is 0 Å². The molecule has 0 heterocycles. The minimum Gasteiger partial charge on any atom is -0.390 e. The maximum Gasteiger partial charge on any atom is 0.108 e. The van der Waals surface area contributed by atoms with E-state index in [1.807, 2.05) is 0 Å². The van der Waals surface area contributed by atoms with Crippen molar-refractivity contribution in [2.45, 2.75) is 6.10 Å².